The molecule has 0 aromatic heterocycles. The first kappa shape index (κ1) is 18.2. The maximum absolute atomic E-state index is 3.74. The lowest BCUT2D eigenvalue weighted by atomic mass is 9.99. The molecule has 2 nitrogen and oxygen atoms in total. The van der Waals surface area contributed by atoms with Crippen molar-refractivity contribution >= 4 is 0 Å². The van der Waals surface area contributed by atoms with Gasteiger partial charge in [-0.25, -0.2) is 0 Å². The average molecular weight is 290 g/mol. The average Bonchev–Trinajstić information content (AvgIpc) is 2.42. The summed E-state index contributed by atoms with van der Waals surface area (Å²) in [4.78, 5) is 2.60. The van der Waals surface area contributed by atoms with E-state index in [9.17, 15) is 0 Å². The molecule has 120 valence electrons. The minimum absolute atomic E-state index is 0.423. The highest BCUT2D eigenvalue weighted by molar-refractivity contribution is 5.29. The van der Waals surface area contributed by atoms with E-state index in [1.54, 1.807) is 0 Å². The highest BCUT2D eigenvalue weighted by Crippen LogP contribution is 2.20. The summed E-state index contributed by atoms with van der Waals surface area (Å²) in [6.07, 6.45) is 1.17. The number of rotatable bonds is 9. The van der Waals surface area contributed by atoms with Gasteiger partial charge >= 0.3 is 0 Å². The molecule has 1 unspecified atom stereocenters. The summed E-state index contributed by atoms with van der Waals surface area (Å²) < 4.78 is 0. The Labute approximate surface area is 131 Å². The van der Waals surface area contributed by atoms with Gasteiger partial charge in [0.15, 0.2) is 0 Å². The number of nitrogens with zero attached hydrogens (tertiary/aromatic N) is 1. The maximum atomic E-state index is 3.74. The van der Waals surface area contributed by atoms with E-state index < -0.39 is 0 Å². The minimum atomic E-state index is 0.423. The first-order valence-corrected chi connectivity index (χ1v) is 8.48. The number of benzene rings is 1. The zero-order valence-corrected chi connectivity index (χ0v) is 14.8. The van der Waals surface area contributed by atoms with E-state index in [-0.39, 0.29) is 0 Å². The highest BCUT2D eigenvalue weighted by Gasteiger charge is 2.19. The van der Waals surface area contributed by atoms with Gasteiger partial charge in [0, 0.05) is 25.2 Å². The summed E-state index contributed by atoms with van der Waals surface area (Å²) in [5, 5.41) is 3.74. The molecule has 0 aliphatic carbocycles. The second-order valence-corrected chi connectivity index (χ2v) is 6.80. The van der Waals surface area contributed by atoms with Crippen molar-refractivity contribution in [1.82, 2.24) is 10.2 Å². The lowest BCUT2D eigenvalue weighted by Crippen LogP contribution is -2.41. The van der Waals surface area contributed by atoms with Crippen molar-refractivity contribution in [2.75, 3.05) is 19.6 Å². The van der Waals surface area contributed by atoms with Crippen molar-refractivity contribution in [3.05, 3.63) is 35.4 Å². The lowest BCUT2D eigenvalue weighted by Gasteiger charge is -2.33. The van der Waals surface area contributed by atoms with Crippen LogP contribution in [0.5, 0.6) is 0 Å². The fourth-order valence-electron chi connectivity index (χ4n) is 2.77. The molecule has 0 radical (unpaired) electrons. The van der Waals surface area contributed by atoms with Gasteiger partial charge in [-0.1, -0.05) is 45.0 Å². The number of aryl methyl sites for hydroxylation is 1. The quantitative estimate of drug-likeness (QED) is 0.725. The fraction of sp³-hybridized carbons (Fsp3) is 0.684. The van der Waals surface area contributed by atoms with Crippen LogP contribution >= 0.6 is 0 Å². The van der Waals surface area contributed by atoms with Crippen molar-refractivity contribution in [3.8, 4) is 0 Å². The first-order chi connectivity index (χ1) is 9.95. The molecule has 21 heavy (non-hydrogen) atoms. The van der Waals surface area contributed by atoms with Crippen molar-refractivity contribution in [2.45, 2.75) is 60.0 Å². The van der Waals surface area contributed by atoms with Crippen molar-refractivity contribution < 1.29 is 0 Å². The van der Waals surface area contributed by atoms with Crippen molar-refractivity contribution in [2.24, 2.45) is 5.92 Å². The van der Waals surface area contributed by atoms with Crippen LogP contribution in [0.2, 0.25) is 0 Å². The number of nitrogens with one attached hydrogen (secondary N) is 1. The van der Waals surface area contributed by atoms with Crippen LogP contribution in [0.4, 0.5) is 0 Å². The van der Waals surface area contributed by atoms with Crippen LogP contribution in [0.3, 0.4) is 0 Å². The molecular weight excluding hydrogens is 256 g/mol. The summed E-state index contributed by atoms with van der Waals surface area (Å²) in [6, 6.07) is 9.79. The normalized spacial score (nSPS) is 13.4. The molecule has 1 atom stereocenters. The molecule has 0 amide bonds. The van der Waals surface area contributed by atoms with Gasteiger partial charge in [0.25, 0.3) is 0 Å². The predicted octanol–water partition coefficient (Wildman–Crippen LogP) is 4.40. The summed E-state index contributed by atoms with van der Waals surface area (Å²) in [6.45, 7) is 17.0. The van der Waals surface area contributed by atoms with Gasteiger partial charge in [0.05, 0.1) is 0 Å². The zero-order chi connectivity index (χ0) is 15.8. The monoisotopic (exact) mass is 290 g/mol. The molecule has 0 aliphatic rings. The topological polar surface area (TPSA) is 15.3 Å². The van der Waals surface area contributed by atoms with Crippen LogP contribution in [-0.2, 0) is 0 Å². The Morgan fingerprint density at radius 2 is 1.71 bits per heavy atom. The Bertz CT molecular complexity index is 398. The molecule has 0 saturated carbocycles. The molecule has 0 bridgehead atoms. The van der Waals surface area contributed by atoms with Gasteiger partial charge in [-0.15, -0.1) is 0 Å². The molecule has 1 rings (SSSR count). The molecule has 1 N–H and O–H groups in total. The van der Waals surface area contributed by atoms with Crippen LogP contribution in [0.25, 0.3) is 0 Å². The van der Waals surface area contributed by atoms with E-state index in [4.69, 9.17) is 0 Å². The molecule has 1 aromatic carbocycles. The van der Waals surface area contributed by atoms with E-state index in [0.29, 0.717) is 18.0 Å². The third-order valence-corrected chi connectivity index (χ3v) is 3.95. The standard InChI is InChI=1S/C19H34N2/c1-7-12-20-19(18-11-9-8-10-17(18)6)14-21(16(4)5)13-15(2)3/h8-11,15-16,19-20H,7,12-14H2,1-6H3. The Morgan fingerprint density at radius 3 is 2.24 bits per heavy atom. The van der Waals surface area contributed by atoms with Gasteiger partial charge in [-0.05, 0) is 50.8 Å². The molecule has 0 heterocycles. The SMILES string of the molecule is CCCNC(CN(CC(C)C)C(C)C)c1ccccc1C. The summed E-state index contributed by atoms with van der Waals surface area (Å²) in [7, 11) is 0. The fourth-order valence-corrected chi connectivity index (χ4v) is 2.77. The van der Waals surface area contributed by atoms with E-state index in [1.165, 1.54) is 17.5 Å². The molecule has 0 spiro atoms. The zero-order valence-electron chi connectivity index (χ0n) is 14.8. The minimum Gasteiger partial charge on any atom is -0.309 e. The van der Waals surface area contributed by atoms with Gasteiger partial charge in [-0.3, -0.25) is 4.90 Å². The maximum Gasteiger partial charge on any atom is 0.0452 e. The van der Waals surface area contributed by atoms with Crippen LogP contribution in [0.15, 0.2) is 24.3 Å². The molecule has 0 saturated heterocycles. The van der Waals surface area contributed by atoms with Crippen molar-refractivity contribution in [3.63, 3.8) is 0 Å². The number of hydrogen-bond donors (Lipinski definition) is 1. The largest absolute Gasteiger partial charge is 0.309 e. The molecule has 0 fully saturated rings. The van der Waals surface area contributed by atoms with Gasteiger partial charge < -0.3 is 5.32 Å². The number of hydrogen-bond acceptors (Lipinski definition) is 2. The van der Waals surface area contributed by atoms with E-state index >= 15 is 0 Å². The van der Waals surface area contributed by atoms with Crippen LogP contribution in [0, 0.1) is 12.8 Å². The van der Waals surface area contributed by atoms with Gasteiger partial charge in [0.2, 0.25) is 0 Å². The van der Waals surface area contributed by atoms with E-state index in [0.717, 1.165) is 19.6 Å². The van der Waals surface area contributed by atoms with Crippen LogP contribution < -0.4 is 5.32 Å². The molecule has 2 heteroatoms. The third-order valence-electron chi connectivity index (χ3n) is 3.95. The molecule has 1 aromatic rings. The van der Waals surface area contributed by atoms with Crippen LogP contribution in [-0.4, -0.2) is 30.6 Å². The Balaban J connectivity index is 2.88. The van der Waals surface area contributed by atoms with E-state index in [1.807, 2.05) is 0 Å². The Kier molecular flexibility index (Phi) is 7.98. The van der Waals surface area contributed by atoms with Crippen LogP contribution in [0.1, 0.15) is 58.2 Å². The van der Waals surface area contributed by atoms with Gasteiger partial charge in [-0.2, -0.15) is 0 Å². The van der Waals surface area contributed by atoms with Gasteiger partial charge in [0.1, 0.15) is 0 Å². The second kappa shape index (κ2) is 9.22. The second-order valence-electron chi connectivity index (χ2n) is 6.80. The summed E-state index contributed by atoms with van der Waals surface area (Å²) in [5.41, 5.74) is 2.83. The summed E-state index contributed by atoms with van der Waals surface area (Å²) >= 11 is 0. The van der Waals surface area contributed by atoms with E-state index in [2.05, 4.69) is 76.0 Å². The smallest absolute Gasteiger partial charge is 0.0452 e. The Morgan fingerprint density at radius 1 is 1.05 bits per heavy atom. The first-order valence-electron chi connectivity index (χ1n) is 8.48. The molecular formula is C19H34N2. The third kappa shape index (κ3) is 6.19. The Hall–Kier alpha value is -0.860. The lowest BCUT2D eigenvalue weighted by molar-refractivity contribution is 0.176. The highest BCUT2D eigenvalue weighted by atomic mass is 15.2. The predicted molar refractivity (Wildman–Crippen MR) is 93.8 cm³/mol. The molecule has 0 aliphatic heterocycles. The summed E-state index contributed by atoms with van der Waals surface area (Å²) in [5.74, 6) is 0.705. The van der Waals surface area contributed by atoms with Crippen molar-refractivity contribution in [1.29, 1.82) is 0 Å².